The van der Waals surface area contributed by atoms with Crippen LogP contribution in [0.2, 0.25) is 0 Å². The van der Waals surface area contributed by atoms with Crippen LogP contribution in [0, 0.1) is 46.8 Å². The van der Waals surface area contributed by atoms with E-state index in [1.807, 2.05) is 0 Å². The van der Waals surface area contributed by atoms with Gasteiger partial charge >= 0.3 is 0 Å². The number of hydrogen-bond donors (Lipinski definition) is 0. The molecule has 0 radical (unpaired) electrons. The van der Waals surface area contributed by atoms with Gasteiger partial charge in [0.2, 0.25) is 0 Å². The second-order valence-corrected chi connectivity index (χ2v) is 8.12. The Morgan fingerprint density at radius 1 is 0.833 bits per heavy atom. The van der Waals surface area contributed by atoms with Crippen molar-refractivity contribution < 1.29 is 0 Å². The predicted molar refractivity (Wildman–Crippen MR) is 52.8 cm³/mol. The summed E-state index contributed by atoms with van der Waals surface area (Å²) in [6.45, 7) is 0. The zero-order valence-electron chi connectivity index (χ0n) is 6.83. The molecule has 0 aromatic carbocycles. The van der Waals surface area contributed by atoms with E-state index in [9.17, 15) is 0 Å². The first-order valence-corrected chi connectivity index (χ1v) is 6.60. The molecule has 0 heterocycles. The minimum absolute atomic E-state index is 0.925. The molecule has 0 nitrogen and oxygen atoms in total. The standard InChI is InChI=1S/C11H11I/c12-11-7-4-8(11)6-9(11)5(7)10(4,6)3-1-2-3/h3-9H,1-2H2. The summed E-state index contributed by atoms with van der Waals surface area (Å²) >= 11 is 2.83. The van der Waals surface area contributed by atoms with Crippen molar-refractivity contribution in [3.05, 3.63) is 0 Å². The van der Waals surface area contributed by atoms with Gasteiger partial charge in [-0.05, 0) is 59.7 Å². The maximum absolute atomic E-state index is 2.83. The summed E-state index contributed by atoms with van der Waals surface area (Å²) < 4.78 is 0.925. The molecule has 0 amide bonds. The quantitative estimate of drug-likeness (QED) is 0.506. The third-order valence-corrected chi connectivity index (χ3v) is 9.03. The van der Waals surface area contributed by atoms with Crippen LogP contribution < -0.4 is 0 Å². The third-order valence-electron chi connectivity index (χ3n) is 6.87. The summed E-state index contributed by atoms with van der Waals surface area (Å²) in [6.07, 6.45) is 3.23. The molecule has 0 bridgehead atoms. The smallest absolute Gasteiger partial charge is 0.0324 e. The van der Waals surface area contributed by atoms with Gasteiger partial charge in [0, 0.05) is 3.42 Å². The van der Waals surface area contributed by atoms with Crippen LogP contribution in [0.3, 0.4) is 0 Å². The normalized spacial score (nSPS) is 94.8. The molecule has 0 spiro atoms. The number of alkyl halides is 1. The molecule has 7 aliphatic rings. The Morgan fingerprint density at radius 3 is 1.75 bits per heavy atom. The maximum atomic E-state index is 2.83. The SMILES string of the molecule is IC12C3C4C1C1C2C3C41C1CC1. The fourth-order valence-electron chi connectivity index (χ4n) is 6.88. The van der Waals surface area contributed by atoms with Crippen molar-refractivity contribution >= 4 is 22.6 Å². The Kier molecular flexibility index (Phi) is 0.491. The van der Waals surface area contributed by atoms with E-state index < -0.39 is 0 Å². The van der Waals surface area contributed by atoms with Gasteiger partial charge < -0.3 is 0 Å². The Hall–Kier alpha value is 0.730. The zero-order valence-corrected chi connectivity index (χ0v) is 8.99. The van der Waals surface area contributed by atoms with Crippen molar-refractivity contribution in [1.29, 1.82) is 0 Å². The molecule has 12 heavy (non-hydrogen) atoms. The molecule has 7 aliphatic carbocycles. The topological polar surface area (TPSA) is 0 Å². The lowest BCUT2D eigenvalue weighted by atomic mass is 8.96. The second kappa shape index (κ2) is 1.06. The summed E-state index contributed by atoms with van der Waals surface area (Å²) in [6, 6.07) is 0. The highest BCUT2D eigenvalue weighted by Gasteiger charge is 3.10. The van der Waals surface area contributed by atoms with Gasteiger partial charge in [0.15, 0.2) is 0 Å². The maximum Gasteiger partial charge on any atom is 0.0324 e. The van der Waals surface area contributed by atoms with Crippen molar-refractivity contribution in [3.8, 4) is 0 Å². The lowest BCUT2D eigenvalue weighted by Gasteiger charge is -3.11. The molecule has 0 saturated heterocycles. The lowest BCUT2D eigenvalue weighted by molar-refractivity contribution is -0.596. The van der Waals surface area contributed by atoms with Crippen LogP contribution in [-0.2, 0) is 0 Å². The minimum atomic E-state index is 0.925. The average Bonchev–Trinajstić information content (AvgIpc) is 2.89. The van der Waals surface area contributed by atoms with Gasteiger partial charge in [0.1, 0.15) is 0 Å². The van der Waals surface area contributed by atoms with Crippen LogP contribution in [-0.4, -0.2) is 3.42 Å². The molecule has 0 aliphatic heterocycles. The van der Waals surface area contributed by atoms with Gasteiger partial charge in [0.05, 0.1) is 0 Å². The molecular formula is C11H11I. The molecule has 7 fully saturated rings. The third kappa shape index (κ3) is 0.209. The van der Waals surface area contributed by atoms with Crippen LogP contribution in [0.4, 0.5) is 0 Å². The summed E-state index contributed by atoms with van der Waals surface area (Å²) in [5, 5.41) is 0. The first-order chi connectivity index (χ1) is 5.84. The van der Waals surface area contributed by atoms with Gasteiger partial charge in [-0.3, -0.25) is 0 Å². The van der Waals surface area contributed by atoms with E-state index in [1.165, 1.54) is 41.4 Å². The van der Waals surface area contributed by atoms with E-state index in [1.54, 1.807) is 12.8 Å². The molecule has 0 aromatic heterocycles. The fraction of sp³-hybridized carbons (Fsp3) is 1.00. The van der Waals surface area contributed by atoms with Crippen LogP contribution in [0.1, 0.15) is 12.8 Å². The van der Waals surface area contributed by atoms with E-state index in [-0.39, 0.29) is 0 Å². The van der Waals surface area contributed by atoms with Crippen molar-refractivity contribution in [2.45, 2.75) is 16.3 Å². The lowest BCUT2D eigenvalue weighted by Crippen LogP contribution is -3.11. The summed E-state index contributed by atoms with van der Waals surface area (Å²) in [5.41, 5.74) is 1.05. The van der Waals surface area contributed by atoms with E-state index in [0.29, 0.717) is 0 Å². The van der Waals surface area contributed by atoms with Crippen LogP contribution in [0.15, 0.2) is 0 Å². The van der Waals surface area contributed by atoms with E-state index in [0.717, 1.165) is 8.84 Å². The first-order valence-electron chi connectivity index (χ1n) is 5.53. The Morgan fingerprint density at radius 2 is 1.33 bits per heavy atom. The molecule has 0 unspecified atom stereocenters. The first kappa shape index (κ1) is 5.57. The predicted octanol–water partition coefficient (Wildman–Crippen LogP) is 2.32. The van der Waals surface area contributed by atoms with Gasteiger partial charge in [0.25, 0.3) is 0 Å². The molecule has 0 aromatic rings. The fourth-order valence-corrected chi connectivity index (χ4v) is 9.20. The van der Waals surface area contributed by atoms with E-state index >= 15 is 0 Å². The largest absolute Gasteiger partial charge is 0.0779 e. The van der Waals surface area contributed by atoms with Crippen LogP contribution >= 0.6 is 22.6 Å². The highest BCUT2D eigenvalue weighted by Crippen LogP contribution is 3.11. The number of hydrogen-bond acceptors (Lipinski definition) is 0. The highest BCUT2D eigenvalue weighted by atomic mass is 127. The molecule has 0 atom stereocenters. The summed E-state index contributed by atoms with van der Waals surface area (Å²) in [7, 11) is 0. The highest BCUT2D eigenvalue weighted by molar-refractivity contribution is 14.1. The van der Waals surface area contributed by atoms with Crippen molar-refractivity contribution in [2.24, 2.45) is 46.8 Å². The van der Waals surface area contributed by atoms with Crippen LogP contribution in [0.5, 0.6) is 0 Å². The minimum Gasteiger partial charge on any atom is -0.0779 e. The van der Waals surface area contributed by atoms with E-state index in [4.69, 9.17) is 0 Å². The Labute approximate surface area is 85.6 Å². The van der Waals surface area contributed by atoms with E-state index in [2.05, 4.69) is 22.6 Å². The summed E-state index contributed by atoms with van der Waals surface area (Å²) in [5.74, 6) is 8.92. The van der Waals surface area contributed by atoms with Gasteiger partial charge in [-0.25, -0.2) is 0 Å². The van der Waals surface area contributed by atoms with Gasteiger partial charge in [-0.1, -0.05) is 22.6 Å². The monoisotopic (exact) mass is 270 g/mol. The molecule has 1 heteroatoms. The molecule has 62 valence electrons. The van der Waals surface area contributed by atoms with Crippen molar-refractivity contribution in [3.63, 3.8) is 0 Å². The van der Waals surface area contributed by atoms with Crippen molar-refractivity contribution in [2.75, 3.05) is 0 Å². The summed E-state index contributed by atoms with van der Waals surface area (Å²) in [4.78, 5) is 0. The van der Waals surface area contributed by atoms with Crippen molar-refractivity contribution in [1.82, 2.24) is 0 Å². The van der Waals surface area contributed by atoms with Gasteiger partial charge in [-0.15, -0.1) is 0 Å². The second-order valence-electron chi connectivity index (χ2n) is 6.26. The number of rotatable bonds is 1. The zero-order chi connectivity index (χ0) is 7.46. The van der Waals surface area contributed by atoms with Crippen LogP contribution in [0.25, 0.3) is 0 Å². The molecule has 0 N–H and O–H groups in total. The number of halogens is 1. The van der Waals surface area contributed by atoms with Gasteiger partial charge in [-0.2, -0.15) is 0 Å². The Balaban J connectivity index is 1.62. The molecule has 7 saturated carbocycles. The average molecular weight is 270 g/mol. The Bertz CT molecular complexity index is 300. The molecule has 7 rings (SSSR count). The molecular weight excluding hydrogens is 259 g/mol.